The number of aromatic nitrogens is 2. The molecule has 0 bridgehead atoms. The number of rotatable bonds is 1. The minimum Gasteiger partial charge on any atom is -0.313 e. The largest absolute Gasteiger partial charge is 0.446 e. The van der Waals surface area contributed by atoms with E-state index in [9.17, 15) is 18.0 Å². The van der Waals surface area contributed by atoms with Gasteiger partial charge < -0.3 is 4.98 Å². The van der Waals surface area contributed by atoms with Crippen molar-refractivity contribution in [2.45, 2.75) is 10.4 Å². The molecule has 0 unspecified atom stereocenters. The van der Waals surface area contributed by atoms with Crippen LogP contribution in [0.3, 0.4) is 0 Å². The molecule has 2 rings (SSSR count). The van der Waals surface area contributed by atoms with Gasteiger partial charge in [0.1, 0.15) is 0 Å². The molecule has 2 aromatic rings. The third-order valence-electron chi connectivity index (χ3n) is 1.90. The van der Waals surface area contributed by atoms with Gasteiger partial charge in [-0.1, -0.05) is 11.6 Å². The van der Waals surface area contributed by atoms with E-state index in [1.807, 2.05) is 0 Å². The minimum atomic E-state index is -4.46. The predicted octanol–water partition coefficient (Wildman–Crippen LogP) is 3.19. The Morgan fingerprint density at radius 3 is 2.71 bits per heavy atom. The molecule has 0 aliphatic heterocycles. The third kappa shape index (κ3) is 2.73. The molecule has 0 fully saturated rings. The maximum atomic E-state index is 12.3. The van der Waals surface area contributed by atoms with Gasteiger partial charge in [0.2, 0.25) is 0 Å². The number of halogens is 4. The van der Waals surface area contributed by atoms with Crippen molar-refractivity contribution in [3.63, 3.8) is 0 Å². The van der Waals surface area contributed by atoms with E-state index in [1.54, 1.807) is 0 Å². The van der Waals surface area contributed by atoms with E-state index in [0.29, 0.717) is 0 Å². The van der Waals surface area contributed by atoms with Gasteiger partial charge in [-0.3, -0.25) is 4.79 Å². The number of nitrogens with one attached hydrogen (secondary N) is 1. The van der Waals surface area contributed by atoms with Crippen molar-refractivity contribution in [3.05, 3.63) is 33.8 Å². The molecule has 90 valence electrons. The molecule has 0 aliphatic rings. The molecule has 0 saturated heterocycles. The van der Waals surface area contributed by atoms with Gasteiger partial charge in [0.25, 0.3) is 5.56 Å². The zero-order valence-corrected chi connectivity index (χ0v) is 9.58. The third-order valence-corrected chi connectivity index (χ3v) is 2.88. The Kier molecular flexibility index (Phi) is 3.05. The van der Waals surface area contributed by atoms with Gasteiger partial charge in [0.15, 0.2) is 0 Å². The lowest BCUT2D eigenvalue weighted by atomic mass is 10.2. The summed E-state index contributed by atoms with van der Waals surface area (Å²) in [6.45, 7) is 0. The summed E-state index contributed by atoms with van der Waals surface area (Å²) < 4.78 is 36.9. The van der Waals surface area contributed by atoms with Gasteiger partial charge in [0.05, 0.1) is 17.2 Å². The lowest BCUT2D eigenvalue weighted by Gasteiger charge is -2.08. The fraction of sp³-hybridized carbons (Fsp3) is 0.111. The quantitative estimate of drug-likeness (QED) is 0.816. The van der Waals surface area contributed by atoms with Crippen LogP contribution >= 0.6 is 23.4 Å². The Morgan fingerprint density at radius 2 is 2.06 bits per heavy atom. The van der Waals surface area contributed by atoms with Gasteiger partial charge in [-0.25, -0.2) is 4.98 Å². The second kappa shape index (κ2) is 4.23. The van der Waals surface area contributed by atoms with E-state index in [0.717, 1.165) is 12.4 Å². The summed E-state index contributed by atoms with van der Waals surface area (Å²) in [6, 6.07) is 2.41. The summed E-state index contributed by atoms with van der Waals surface area (Å²) in [7, 11) is 0. The van der Waals surface area contributed by atoms with Crippen molar-refractivity contribution in [3.8, 4) is 0 Å². The number of alkyl halides is 3. The van der Waals surface area contributed by atoms with E-state index in [1.165, 1.54) is 6.07 Å². The number of aromatic amines is 1. The Hall–Kier alpha value is -1.21. The van der Waals surface area contributed by atoms with Crippen LogP contribution in [0.5, 0.6) is 0 Å². The van der Waals surface area contributed by atoms with E-state index in [2.05, 4.69) is 9.97 Å². The molecular weight excluding hydrogens is 277 g/mol. The fourth-order valence-electron chi connectivity index (χ4n) is 1.32. The molecule has 0 saturated carbocycles. The first kappa shape index (κ1) is 12.3. The maximum Gasteiger partial charge on any atom is 0.446 e. The monoisotopic (exact) mass is 280 g/mol. The van der Waals surface area contributed by atoms with Gasteiger partial charge in [0, 0.05) is 9.92 Å². The maximum absolute atomic E-state index is 12.3. The normalized spacial score (nSPS) is 12.0. The summed E-state index contributed by atoms with van der Waals surface area (Å²) in [5.74, 6) is 0. The summed E-state index contributed by atoms with van der Waals surface area (Å²) in [5, 5.41) is 0.0921. The van der Waals surface area contributed by atoms with Crippen molar-refractivity contribution in [1.29, 1.82) is 0 Å². The zero-order valence-electron chi connectivity index (χ0n) is 8.01. The van der Waals surface area contributed by atoms with E-state index in [4.69, 9.17) is 11.6 Å². The average molecular weight is 281 g/mol. The fourth-order valence-corrected chi connectivity index (χ4v) is 2.29. The minimum absolute atomic E-state index is 0.0134. The Bertz CT molecular complexity index is 626. The molecule has 0 radical (unpaired) electrons. The number of fused-ring (bicyclic) bond motifs is 1. The molecule has 0 amide bonds. The highest BCUT2D eigenvalue weighted by atomic mass is 35.5. The lowest BCUT2D eigenvalue weighted by molar-refractivity contribution is -0.0327. The van der Waals surface area contributed by atoms with Crippen LogP contribution in [0, 0.1) is 0 Å². The molecule has 1 heterocycles. The molecule has 17 heavy (non-hydrogen) atoms. The first-order valence-electron chi connectivity index (χ1n) is 4.29. The van der Waals surface area contributed by atoms with Crippen molar-refractivity contribution in [1.82, 2.24) is 9.97 Å². The molecule has 1 aromatic heterocycles. The van der Waals surface area contributed by atoms with E-state index >= 15 is 0 Å². The van der Waals surface area contributed by atoms with Crippen molar-refractivity contribution in [2.24, 2.45) is 0 Å². The van der Waals surface area contributed by atoms with Crippen LogP contribution in [0.25, 0.3) is 10.9 Å². The van der Waals surface area contributed by atoms with Crippen LogP contribution in [-0.4, -0.2) is 15.5 Å². The second-order valence-corrected chi connectivity index (χ2v) is 4.62. The first-order chi connectivity index (χ1) is 7.87. The molecule has 1 aromatic carbocycles. The first-order valence-corrected chi connectivity index (χ1v) is 5.49. The summed E-state index contributed by atoms with van der Waals surface area (Å²) >= 11 is 5.32. The van der Waals surface area contributed by atoms with Crippen LogP contribution in [0.4, 0.5) is 13.2 Å². The molecular formula is C9H4ClF3N2OS. The van der Waals surface area contributed by atoms with Gasteiger partial charge in [-0.05, 0) is 23.9 Å². The van der Waals surface area contributed by atoms with Crippen LogP contribution in [0.1, 0.15) is 0 Å². The Labute approximate surface area is 102 Å². The van der Waals surface area contributed by atoms with Crippen molar-refractivity contribution < 1.29 is 13.2 Å². The Balaban J connectivity index is 2.71. The number of nitrogens with zero attached hydrogens (tertiary/aromatic N) is 1. The Morgan fingerprint density at radius 1 is 1.35 bits per heavy atom. The standard InChI is InChI=1S/C9H4ClF3N2OS/c10-4-1-5-7(14-3-15-8(5)16)6(2-4)17-9(11,12)13/h1-3H,(H,14,15,16). The molecule has 3 nitrogen and oxygen atoms in total. The zero-order chi connectivity index (χ0) is 12.6. The topological polar surface area (TPSA) is 45.8 Å². The number of H-pyrrole nitrogens is 1. The smallest absolute Gasteiger partial charge is 0.313 e. The van der Waals surface area contributed by atoms with Gasteiger partial charge >= 0.3 is 5.51 Å². The highest BCUT2D eigenvalue weighted by Gasteiger charge is 2.30. The number of hydrogen-bond donors (Lipinski definition) is 1. The van der Waals surface area contributed by atoms with Crippen molar-refractivity contribution in [2.75, 3.05) is 0 Å². The number of benzene rings is 1. The molecule has 0 aliphatic carbocycles. The number of thioether (sulfide) groups is 1. The lowest BCUT2D eigenvalue weighted by Crippen LogP contribution is -2.07. The highest BCUT2D eigenvalue weighted by Crippen LogP contribution is 2.40. The van der Waals surface area contributed by atoms with Crippen LogP contribution in [0.15, 0.2) is 28.2 Å². The summed E-state index contributed by atoms with van der Waals surface area (Å²) in [6.07, 6.45) is 1.05. The number of hydrogen-bond acceptors (Lipinski definition) is 3. The van der Waals surface area contributed by atoms with Crippen LogP contribution in [-0.2, 0) is 0 Å². The second-order valence-electron chi connectivity index (χ2n) is 3.08. The van der Waals surface area contributed by atoms with E-state index < -0.39 is 11.1 Å². The predicted molar refractivity (Wildman–Crippen MR) is 59.3 cm³/mol. The van der Waals surface area contributed by atoms with Gasteiger partial charge in [-0.2, -0.15) is 13.2 Å². The molecule has 1 N–H and O–H groups in total. The SMILES string of the molecule is O=c1[nH]cnc2c(SC(F)(F)F)cc(Cl)cc12. The van der Waals surface area contributed by atoms with Crippen LogP contribution in [0.2, 0.25) is 5.02 Å². The van der Waals surface area contributed by atoms with Crippen molar-refractivity contribution >= 4 is 34.3 Å². The van der Waals surface area contributed by atoms with Crippen LogP contribution < -0.4 is 5.56 Å². The summed E-state index contributed by atoms with van der Waals surface area (Å²) in [5.41, 5.74) is -5.00. The molecule has 8 heteroatoms. The van der Waals surface area contributed by atoms with E-state index in [-0.39, 0.29) is 32.6 Å². The summed E-state index contributed by atoms with van der Waals surface area (Å²) in [4.78, 5) is 17.2. The highest BCUT2D eigenvalue weighted by molar-refractivity contribution is 8.00. The average Bonchev–Trinajstić information content (AvgIpc) is 2.17. The van der Waals surface area contributed by atoms with Gasteiger partial charge in [-0.15, -0.1) is 0 Å². The molecule has 0 spiro atoms. The molecule has 0 atom stereocenters.